The van der Waals surface area contributed by atoms with Crippen molar-refractivity contribution in [3.05, 3.63) is 64.7 Å². The average molecular weight is 342 g/mol. The van der Waals surface area contributed by atoms with Crippen LogP contribution in [0.2, 0.25) is 0 Å². The number of carbonyl (C=O) groups is 2. The van der Waals surface area contributed by atoms with Crippen molar-refractivity contribution >= 4 is 11.8 Å². The lowest BCUT2D eigenvalue weighted by Gasteiger charge is -2.11. The van der Waals surface area contributed by atoms with E-state index in [2.05, 4.69) is 10.9 Å². The molecule has 6 heteroatoms. The van der Waals surface area contributed by atoms with Crippen molar-refractivity contribution in [3.8, 4) is 5.75 Å². The minimum Gasteiger partial charge on any atom is -0.483 e. The Morgan fingerprint density at radius 2 is 1.72 bits per heavy atom. The van der Waals surface area contributed by atoms with Crippen molar-refractivity contribution in [2.75, 3.05) is 13.7 Å². The van der Waals surface area contributed by atoms with Crippen LogP contribution in [0.4, 0.5) is 0 Å². The Balaban J connectivity index is 1.81. The van der Waals surface area contributed by atoms with E-state index in [0.29, 0.717) is 17.9 Å². The summed E-state index contributed by atoms with van der Waals surface area (Å²) in [6.45, 7) is 4.15. The van der Waals surface area contributed by atoms with Crippen molar-refractivity contribution in [2.24, 2.45) is 0 Å². The zero-order valence-electron chi connectivity index (χ0n) is 14.6. The zero-order valence-corrected chi connectivity index (χ0v) is 14.6. The highest BCUT2D eigenvalue weighted by Crippen LogP contribution is 2.18. The van der Waals surface area contributed by atoms with E-state index in [1.54, 1.807) is 31.4 Å². The Labute approximate surface area is 147 Å². The van der Waals surface area contributed by atoms with Gasteiger partial charge in [0, 0.05) is 12.7 Å². The van der Waals surface area contributed by atoms with Crippen molar-refractivity contribution in [2.45, 2.75) is 20.5 Å². The SMILES string of the molecule is COCc1ccc(C(=O)NNC(=O)COc2cc(C)ccc2C)cc1. The third kappa shape index (κ3) is 5.61. The van der Waals surface area contributed by atoms with Crippen LogP contribution in [0.5, 0.6) is 5.75 Å². The molecule has 2 aromatic rings. The maximum atomic E-state index is 12.0. The molecule has 0 aliphatic heterocycles. The molecule has 0 spiro atoms. The first-order chi connectivity index (χ1) is 12.0. The highest BCUT2D eigenvalue weighted by molar-refractivity contribution is 5.95. The molecule has 2 aromatic carbocycles. The predicted octanol–water partition coefficient (Wildman–Crippen LogP) is 2.29. The van der Waals surface area contributed by atoms with Crippen LogP contribution >= 0.6 is 0 Å². The molecule has 0 heterocycles. The number of carbonyl (C=O) groups excluding carboxylic acids is 2. The largest absolute Gasteiger partial charge is 0.483 e. The van der Waals surface area contributed by atoms with Gasteiger partial charge in [-0.3, -0.25) is 20.4 Å². The molecule has 0 aromatic heterocycles. The lowest BCUT2D eigenvalue weighted by Crippen LogP contribution is -2.43. The first-order valence-corrected chi connectivity index (χ1v) is 7.86. The summed E-state index contributed by atoms with van der Waals surface area (Å²) in [6, 6.07) is 12.7. The third-order valence-corrected chi connectivity index (χ3v) is 3.54. The van der Waals surface area contributed by atoms with Crippen molar-refractivity contribution < 1.29 is 19.1 Å². The summed E-state index contributed by atoms with van der Waals surface area (Å²) in [7, 11) is 1.61. The van der Waals surface area contributed by atoms with E-state index in [1.807, 2.05) is 32.0 Å². The Hall–Kier alpha value is -2.86. The summed E-state index contributed by atoms with van der Waals surface area (Å²) in [4.78, 5) is 23.8. The molecule has 0 saturated carbocycles. The molecule has 0 radical (unpaired) electrons. The molecule has 0 aliphatic rings. The van der Waals surface area contributed by atoms with Crippen LogP contribution in [0.3, 0.4) is 0 Å². The maximum Gasteiger partial charge on any atom is 0.276 e. The van der Waals surface area contributed by atoms with Crippen LogP contribution < -0.4 is 15.6 Å². The van der Waals surface area contributed by atoms with Crippen LogP contribution in [0.1, 0.15) is 27.0 Å². The van der Waals surface area contributed by atoms with Gasteiger partial charge in [-0.2, -0.15) is 0 Å². The van der Waals surface area contributed by atoms with Crippen LogP contribution in [0, 0.1) is 13.8 Å². The normalized spacial score (nSPS) is 10.2. The quantitative estimate of drug-likeness (QED) is 0.790. The Kier molecular flexibility index (Phi) is 6.54. The van der Waals surface area contributed by atoms with Gasteiger partial charge in [-0.1, -0.05) is 24.3 Å². The van der Waals surface area contributed by atoms with Crippen molar-refractivity contribution in [3.63, 3.8) is 0 Å². The standard InChI is InChI=1S/C19H22N2O4/c1-13-4-5-14(2)17(10-13)25-12-18(22)20-21-19(23)16-8-6-15(7-9-16)11-24-3/h4-10H,11-12H2,1-3H3,(H,20,22)(H,21,23). The molecule has 0 bridgehead atoms. The van der Waals surface area contributed by atoms with Gasteiger partial charge in [-0.15, -0.1) is 0 Å². The lowest BCUT2D eigenvalue weighted by molar-refractivity contribution is -0.123. The highest BCUT2D eigenvalue weighted by atomic mass is 16.5. The topological polar surface area (TPSA) is 76.7 Å². The summed E-state index contributed by atoms with van der Waals surface area (Å²) >= 11 is 0. The van der Waals surface area contributed by atoms with Crippen molar-refractivity contribution in [1.82, 2.24) is 10.9 Å². The van der Waals surface area contributed by atoms with Crippen LogP contribution in [-0.4, -0.2) is 25.5 Å². The van der Waals surface area contributed by atoms with Gasteiger partial charge >= 0.3 is 0 Å². The number of aryl methyl sites for hydroxylation is 2. The van der Waals surface area contributed by atoms with E-state index < -0.39 is 11.8 Å². The molecule has 6 nitrogen and oxygen atoms in total. The number of hydrogen-bond acceptors (Lipinski definition) is 4. The number of rotatable bonds is 6. The van der Waals surface area contributed by atoms with Gasteiger partial charge in [0.2, 0.25) is 0 Å². The molecule has 0 aliphatic carbocycles. The number of benzene rings is 2. The smallest absolute Gasteiger partial charge is 0.276 e. The fourth-order valence-electron chi connectivity index (χ4n) is 2.16. The Morgan fingerprint density at radius 3 is 2.40 bits per heavy atom. The van der Waals surface area contributed by atoms with Gasteiger partial charge in [0.05, 0.1) is 6.61 Å². The predicted molar refractivity (Wildman–Crippen MR) is 94.2 cm³/mol. The van der Waals surface area contributed by atoms with Crippen LogP contribution in [0.25, 0.3) is 0 Å². The first-order valence-electron chi connectivity index (χ1n) is 7.86. The third-order valence-electron chi connectivity index (χ3n) is 3.54. The number of ether oxygens (including phenoxy) is 2. The van der Waals surface area contributed by atoms with E-state index in [-0.39, 0.29) is 6.61 Å². The monoisotopic (exact) mass is 342 g/mol. The summed E-state index contributed by atoms with van der Waals surface area (Å²) in [5.74, 6) is -0.190. The number of amides is 2. The summed E-state index contributed by atoms with van der Waals surface area (Å²) in [5.41, 5.74) is 8.09. The van der Waals surface area contributed by atoms with E-state index in [1.165, 1.54) is 0 Å². The molecule has 0 fully saturated rings. The van der Waals surface area contributed by atoms with Gasteiger partial charge in [-0.25, -0.2) is 0 Å². The summed E-state index contributed by atoms with van der Waals surface area (Å²) < 4.78 is 10.5. The Morgan fingerprint density at radius 1 is 1.00 bits per heavy atom. The molecule has 25 heavy (non-hydrogen) atoms. The highest BCUT2D eigenvalue weighted by Gasteiger charge is 2.09. The second kappa shape index (κ2) is 8.84. The second-order valence-electron chi connectivity index (χ2n) is 5.69. The molecule has 2 rings (SSSR count). The molecular weight excluding hydrogens is 320 g/mol. The fraction of sp³-hybridized carbons (Fsp3) is 0.263. The summed E-state index contributed by atoms with van der Waals surface area (Å²) in [6.07, 6.45) is 0. The molecule has 0 saturated heterocycles. The molecule has 0 unspecified atom stereocenters. The van der Waals surface area contributed by atoms with Gasteiger partial charge in [0.15, 0.2) is 6.61 Å². The molecule has 132 valence electrons. The average Bonchev–Trinajstić information content (AvgIpc) is 2.61. The number of hydrazine groups is 1. The fourth-order valence-corrected chi connectivity index (χ4v) is 2.16. The Bertz CT molecular complexity index is 742. The van der Waals surface area contributed by atoms with E-state index in [0.717, 1.165) is 16.7 Å². The second-order valence-corrected chi connectivity index (χ2v) is 5.69. The first kappa shape index (κ1) is 18.5. The molecule has 0 atom stereocenters. The number of methoxy groups -OCH3 is 1. The van der Waals surface area contributed by atoms with Crippen molar-refractivity contribution in [1.29, 1.82) is 0 Å². The van der Waals surface area contributed by atoms with E-state index in [9.17, 15) is 9.59 Å². The molecule has 2 amide bonds. The molecule has 2 N–H and O–H groups in total. The minimum absolute atomic E-state index is 0.183. The zero-order chi connectivity index (χ0) is 18.2. The van der Waals surface area contributed by atoms with Crippen LogP contribution in [0.15, 0.2) is 42.5 Å². The summed E-state index contributed by atoms with van der Waals surface area (Å²) in [5, 5.41) is 0. The van der Waals surface area contributed by atoms with E-state index in [4.69, 9.17) is 9.47 Å². The van der Waals surface area contributed by atoms with Gasteiger partial charge < -0.3 is 9.47 Å². The maximum absolute atomic E-state index is 12.0. The lowest BCUT2D eigenvalue weighted by atomic mass is 10.1. The number of hydrogen-bond donors (Lipinski definition) is 2. The minimum atomic E-state index is -0.440. The van der Waals surface area contributed by atoms with E-state index >= 15 is 0 Å². The van der Waals surface area contributed by atoms with Gasteiger partial charge in [0.25, 0.3) is 11.8 Å². The molecular formula is C19H22N2O4. The van der Waals surface area contributed by atoms with Crippen LogP contribution in [-0.2, 0) is 16.1 Å². The van der Waals surface area contributed by atoms with Gasteiger partial charge in [0.1, 0.15) is 5.75 Å². The number of nitrogens with one attached hydrogen (secondary N) is 2. The van der Waals surface area contributed by atoms with Gasteiger partial charge in [-0.05, 0) is 48.7 Å².